The van der Waals surface area contributed by atoms with E-state index in [1.165, 1.54) is 20.2 Å². The molecule has 0 aliphatic carbocycles. The Labute approximate surface area is 162 Å². The Morgan fingerprint density at radius 2 is 1.85 bits per heavy atom. The van der Waals surface area contributed by atoms with E-state index in [-0.39, 0.29) is 5.57 Å². The van der Waals surface area contributed by atoms with Gasteiger partial charge in [0.2, 0.25) is 0 Å². The van der Waals surface area contributed by atoms with Crippen molar-refractivity contribution in [1.82, 2.24) is 5.32 Å². The molecule has 0 aromatic heterocycles. The van der Waals surface area contributed by atoms with Crippen LogP contribution in [0, 0.1) is 11.3 Å². The summed E-state index contributed by atoms with van der Waals surface area (Å²) in [5.41, 5.74) is 0.646. The summed E-state index contributed by atoms with van der Waals surface area (Å²) in [6.07, 6.45) is 1.48. The topological polar surface area (TPSA) is 80.6 Å². The zero-order chi connectivity index (χ0) is 19.6. The Balaban J connectivity index is 2.02. The number of rotatable bonds is 8. The Kier molecular flexibility index (Phi) is 7.53. The predicted octanol–water partition coefficient (Wildman–Crippen LogP) is 3.46. The van der Waals surface area contributed by atoms with Gasteiger partial charge < -0.3 is 19.5 Å². The van der Waals surface area contributed by atoms with Crippen LogP contribution in [0.25, 0.3) is 6.08 Å². The number of carbonyl (C=O) groups is 1. The average Bonchev–Trinajstić information content (AvgIpc) is 2.70. The van der Waals surface area contributed by atoms with Gasteiger partial charge in [0.15, 0.2) is 11.5 Å². The standard InChI is InChI=1S/C20H19ClN2O4/c1-23-20(24)15(13-22)11-14-7-8-18(19(12-14)25-2)27-10-9-26-17-6-4-3-5-16(17)21/h3-8,11-12H,9-10H2,1-2H3,(H,23,24)/b15-11+. The fraction of sp³-hybridized carbons (Fsp3) is 0.200. The number of nitrogens with zero attached hydrogens (tertiary/aromatic N) is 1. The van der Waals surface area contributed by atoms with Crippen molar-refractivity contribution in [3.63, 3.8) is 0 Å². The summed E-state index contributed by atoms with van der Waals surface area (Å²) < 4.78 is 16.6. The molecule has 0 radical (unpaired) electrons. The first-order valence-corrected chi connectivity index (χ1v) is 8.49. The van der Waals surface area contributed by atoms with E-state index in [9.17, 15) is 4.79 Å². The maximum Gasteiger partial charge on any atom is 0.261 e. The van der Waals surface area contributed by atoms with Crippen LogP contribution < -0.4 is 19.5 Å². The second-order valence-electron chi connectivity index (χ2n) is 5.29. The summed E-state index contributed by atoms with van der Waals surface area (Å²) in [4.78, 5) is 11.6. The molecule has 0 unspecified atom stereocenters. The molecule has 0 saturated heterocycles. The average molecular weight is 387 g/mol. The van der Waals surface area contributed by atoms with E-state index in [2.05, 4.69) is 5.32 Å². The summed E-state index contributed by atoms with van der Waals surface area (Å²) in [7, 11) is 2.98. The molecule has 0 aliphatic heterocycles. The third-order valence-corrected chi connectivity index (χ3v) is 3.84. The Hall–Kier alpha value is -3.17. The zero-order valence-electron chi connectivity index (χ0n) is 15.0. The highest BCUT2D eigenvalue weighted by Gasteiger charge is 2.09. The van der Waals surface area contributed by atoms with E-state index >= 15 is 0 Å². The fourth-order valence-corrected chi connectivity index (χ4v) is 2.40. The van der Waals surface area contributed by atoms with Crippen LogP contribution >= 0.6 is 11.6 Å². The van der Waals surface area contributed by atoms with Gasteiger partial charge in [-0.2, -0.15) is 5.26 Å². The highest BCUT2D eigenvalue weighted by Crippen LogP contribution is 2.29. The number of hydrogen-bond donors (Lipinski definition) is 1. The largest absolute Gasteiger partial charge is 0.493 e. The lowest BCUT2D eigenvalue weighted by atomic mass is 10.1. The fourth-order valence-electron chi connectivity index (χ4n) is 2.21. The van der Waals surface area contributed by atoms with Gasteiger partial charge in [0.25, 0.3) is 5.91 Å². The molecule has 0 spiro atoms. The van der Waals surface area contributed by atoms with Crippen molar-refractivity contribution in [2.75, 3.05) is 27.4 Å². The van der Waals surface area contributed by atoms with Crippen molar-refractivity contribution in [2.45, 2.75) is 0 Å². The lowest BCUT2D eigenvalue weighted by molar-refractivity contribution is -0.116. The minimum atomic E-state index is -0.450. The number of amides is 1. The summed E-state index contributed by atoms with van der Waals surface area (Å²) in [5, 5.41) is 12.0. The summed E-state index contributed by atoms with van der Waals surface area (Å²) in [6.45, 7) is 0.599. The molecule has 2 aromatic rings. The molecule has 2 aromatic carbocycles. The molecule has 0 aliphatic rings. The second kappa shape index (κ2) is 10.1. The van der Waals surface area contributed by atoms with Gasteiger partial charge in [-0.05, 0) is 35.9 Å². The van der Waals surface area contributed by atoms with E-state index in [1.54, 1.807) is 30.3 Å². The van der Waals surface area contributed by atoms with Crippen LogP contribution in [0.15, 0.2) is 48.0 Å². The zero-order valence-corrected chi connectivity index (χ0v) is 15.7. The minimum absolute atomic E-state index is 0.00126. The van der Waals surface area contributed by atoms with Gasteiger partial charge in [-0.15, -0.1) is 0 Å². The van der Waals surface area contributed by atoms with Gasteiger partial charge in [-0.3, -0.25) is 4.79 Å². The van der Waals surface area contributed by atoms with E-state index < -0.39 is 5.91 Å². The normalized spacial score (nSPS) is 10.7. The molecule has 1 amide bonds. The minimum Gasteiger partial charge on any atom is -0.493 e. The van der Waals surface area contributed by atoms with Crippen molar-refractivity contribution in [2.24, 2.45) is 0 Å². The van der Waals surface area contributed by atoms with Crippen molar-refractivity contribution in [3.8, 4) is 23.3 Å². The van der Waals surface area contributed by atoms with E-state index in [0.29, 0.717) is 41.0 Å². The van der Waals surface area contributed by atoms with Gasteiger partial charge in [-0.1, -0.05) is 29.8 Å². The molecule has 0 saturated carbocycles. The molecule has 7 heteroatoms. The molecule has 140 valence electrons. The van der Waals surface area contributed by atoms with Crippen molar-refractivity contribution >= 4 is 23.6 Å². The van der Waals surface area contributed by atoms with E-state index in [1.807, 2.05) is 18.2 Å². The molecular formula is C20H19ClN2O4. The third kappa shape index (κ3) is 5.66. The van der Waals surface area contributed by atoms with E-state index in [4.69, 9.17) is 31.1 Å². The highest BCUT2D eigenvalue weighted by molar-refractivity contribution is 6.32. The number of hydrogen-bond acceptors (Lipinski definition) is 5. The number of carbonyl (C=O) groups excluding carboxylic acids is 1. The lowest BCUT2D eigenvalue weighted by Crippen LogP contribution is -2.19. The summed E-state index contributed by atoms with van der Waals surface area (Å²) in [6, 6.07) is 14.2. The highest BCUT2D eigenvalue weighted by atomic mass is 35.5. The van der Waals surface area contributed by atoms with Gasteiger partial charge in [0.05, 0.1) is 12.1 Å². The number of para-hydroxylation sites is 1. The van der Waals surface area contributed by atoms with Crippen LogP contribution in [0.1, 0.15) is 5.56 Å². The molecule has 2 rings (SSSR count). The number of likely N-dealkylation sites (N-methyl/N-ethyl adjacent to an activating group) is 1. The number of nitriles is 1. The predicted molar refractivity (Wildman–Crippen MR) is 103 cm³/mol. The van der Waals surface area contributed by atoms with Gasteiger partial charge in [-0.25, -0.2) is 0 Å². The van der Waals surface area contributed by atoms with Crippen LogP contribution in [0.4, 0.5) is 0 Å². The molecule has 1 N–H and O–H groups in total. The second-order valence-corrected chi connectivity index (χ2v) is 5.69. The molecule has 27 heavy (non-hydrogen) atoms. The first kappa shape index (κ1) is 20.1. The molecular weight excluding hydrogens is 368 g/mol. The van der Waals surface area contributed by atoms with Crippen LogP contribution in [0.5, 0.6) is 17.2 Å². The number of nitrogens with one attached hydrogen (secondary N) is 1. The first-order valence-electron chi connectivity index (χ1n) is 8.11. The molecule has 6 nitrogen and oxygen atoms in total. The third-order valence-electron chi connectivity index (χ3n) is 3.53. The van der Waals surface area contributed by atoms with Crippen LogP contribution in [0.2, 0.25) is 5.02 Å². The number of halogens is 1. The number of ether oxygens (including phenoxy) is 3. The summed E-state index contributed by atoms with van der Waals surface area (Å²) in [5.74, 6) is 1.15. The van der Waals surface area contributed by atoms with Crippen molar-refractivity contribution in [3.05, 3.63) is 58.6 Å². The van der Waals surface area contributed by atoms with Crippen molar-refractivity contribution < 1.29 is 19.0 Å². The monoisotopic (exact) mass is 386 g/mol. The molecule has 0 bridgehead atoms. The number of methoxy groups -OCH3 is 1. The Morgan fingerprint density at radius 1 is 1.15 bits per heavy atom. The Morgan fingerprint density at radius 3 is 2.48 bits per heavy atom. The van der Waals surface area contributed by atoms with Crippen LogP contribution in [-0.4, -0.2) is 33.3 Å². The maximum atomic E-state index is 11.6. The van der Waals surface area contributed by atoms with Crippen LogP contribution in [-0.2, 0) is 4.79 Å². The SMILES string of the molecule is CNC(=O)/C(C#N)=C/c1ccc(OCCOc2ccccc2Cl)c(OC)c1. The lowest BCUT2D eigenvalue weighted by Gasteiger charge is -2.12. The Bertz CT molecular complexity index is 875. The molecule has 0 fully saturated rings. The van der Waals surface area contributed by atoms with Gasteiger partial charge in [0, 0.05) is 7.05 Å². The van der Waals surface area contributed by atoms with Crippen molar-refractivity contribution in [1.29, 1.82) is 5.26 Å². The quantitative estimate of drug-likeness (QED) is 0.427. The van der Waals surface area contributed by atoms with Gasteiger partial charge >= 0.3 is 0 Å². The smallest absolute Gasteiger partial charge is 0.261 e. The number of benzene rings is 2. The van der Waals surface area contributed by atoms with Gasteiger partial charge in [0.1, 0.15) is 30.6 Å². The van der Waals surface area contributed by atoms with E-state index in [0.717, 1.165) is 0 Å². The first-order chi connectivity index (χ1) is 13.1. The molecule has 0 heterocycles. The molecule has 0 atom stereocenters. The summed E-state index contributed by atoms with van der Waals surface area (Å²) >= 11 is 6.03. The van der Waals surface area contributed by atoms with Crippen LogP contribution in [0.3, 0.4) is 0 Å². The maximum absolute atomic E-state index is 11.6.